The maximum absolute atomic E-state index is 11.6. The second-order valence-electron chi connectivity index (χ2n) is 4.23. The molecule has 0 aliphatic rings. The first-order chi connectivity index (χ1) is 9.20. The van der Waals surface area contributed by atoms with E-state index in [0.29, 0.717) is 11.4 Å². The summed E-state index contributed by atoms with van der Waals surface area (Å²) >= 11 is 1.35. The number of sulfonamides is 1. The molecule has 1 aromatic carbocycles. The van der Waals surface area contributed by atoms with Crippen molar-refractivity contribution < 1.29 is 16.8 Å². The molecular weight excluding hydrogens is 320 g/mol. The molecule has 1 aromatic rings. The number of nitrogens with one attached hydrogen (secondary N) is 1. The summed E-state index contributed by atoms with van der Waals surface area (Å²) in [6, 6.07) is 7.21. The van der Waals surface area contributed by atoms with Crippen LogP contribution in [-0.4, -0.2) is 46.9 Å². The maximum atomic E-state index is 11.6. The summed E-state index contributed by atoms with van der Waals surface area (Å²) in [7, 11) is -6.63. The Morgan fingerprint density at radius 3 is 2.40 bits per heavy atom. The van der Waals surface area contributed by atoms with Crippen molar-refractivity contribution in [2.45, 2.75) is 4.90 Å². The predicted molar refractivity (Wildman–Crippen MR) is 83.1 cm³/mol. The number of hydrogen-bond acceptors (Lipinski definition) is 6. The van der Waals surface area contributed by atoms with Crippen LogP contribution in [0.1, 0.15) is 0 Å². The van der Waals surface area contributed by atoms with Crippen LogP contribution in [0.25, 0.3) is 0 Å². The number of nitrogens with two attached hydrogens (primary N) is 1. The SMILES string of the molecule is CS(=O)(=O)CCNS(=O)(=O)CCSc1ccccc1N. The van der Waals surface area contributed by atoms with Crippen LogP contribution in [0.5, 0.6) is 0 Å². The van der Waals surface area contributed by atoms with Gasteiger partial charge in [-0.2, -0.15) is 0 Å². The van der Waals surface area contributed by atoms with Crippen LogP contribution < -0.4 is 10.5 Å². The molecule has 0 atom stereocenters. The standard InChI is InChI=1S/C11H18N2O4S3/c1-19(14,15)8-6-13-20(16,17)9-7-18-11-5-3-2-4-10(11)12/h2-5,13H,6-9,12H2,1H3. The van der Waals surface area contributed by atoms with Crippen molar-refractivity contribution in [3.8, 4) is 0 Å². The largest absolute Gasteiger partial charge is 0.398 e. The lowest BCUT2D eigenvalue weighted by atomic mass is 10.3. The Hall–Kier alpha value is -0.770. The zero-order chi connectivity index (χ0) is 15.2. The van der Waals surface area contributed by atoms with Crippen LogP contribution in [0.2, 0.25) is 0 Å². The van der Waals surface area contributed by atoms with Crippen LogP contribution in [0.3, 0.4) is 0 Å². The van der Waals surface area contributed by atoms with Crippen molar-refractivity contribution in [1.29, 1.82) is 0 Å². The number of hydrogen-bond donors (Lipinski definition) is 2. The van der Waals surface area contributed by atoms with Gasteiger partial charge in [0.1, 0.15) is 9.84 Å². The summed E-state index contributed by atoms with van der Waals surface area (Å²) in [5.41, 5.74) is 6.36. The summed E-state index contributed by atoms with van der Waals surface area (Å²) in [4.78, 5) is 0.832. The Labute approximate surface area is 124 Å². The topological polar surface area (TPSA) is 106 Å². The highest BCUT2D eigenvalue weighted by Crippen LogP contribution is 2.24. The number of rotatable bonds is 8. The van der Waals surface area contributed by atoms with E-state index < -0.39 is 19.9 Å². The number of anilines is 1. The van der Waals surface area contributed by atoms with Crippen LogP contribution in [0.15, 0.2) is 29.2 Å². The zero-order valence-corrected chi connectivity index (χ0v) is 13.5. The lowest BCUT2D eigenvalue weighted by Gasteiger charge is -2.07. The normalized spacial score (nSPS) is 12.4. The van der Waals surface area contributed by atoms with Gasteiger partial charge in [-0.15, -0.1) is 11.8 Å². The first-order valence-electron chi connectivity index (χ1n) is 5.82. The predicted octanol–water partition coefficient (Wildman–Crippen LogP) is 0.325. The van der Waals surface area contributed by atoms with Gasteiger partial charge >= 0.3 is 0 Å². The molecule has 0 saturated carbocycles. The average molecular weight is 338 g/mol. The third kappa shape index (κ3) is 7.13. The minimum atomic E-state index is -3.46. The first-order valence-corrected chi connectivity index (χ1v) is 10.5. The van der Waals surface area contributed by atoms with Crippen LogP contribution in [-0.2, 0) is 19.9 Å². The van der Waals surface area contributed by atoms with E-state index in [1.54, 1.807) is 6.07 Å². The van der Waals surface area contributed by atoms with Gasteiger partial charge in [-0.05, 0) is 12.1 Å². The molecule has 0 unspecified atom stereocenters. The van der Waals surface area contributed by atoms with E-state index in [1.165, 1.54) is 11.8 Å². The first kappa shape index (κ1) is 17.3. The molecule has 0 radical (unpaired) electrons. The molecule has 0 bridgehead atoms. The second kappa shape index (κ2) is 7.30. The highest BCUT2D eigenvalue weighted by Gasteiger charge is 2.12. The third-order valence-corrected chi connectivity index (χ3v) is 6.00. The lowest BCUT2D eigenvalue weighted by molar-refractivity contribution is 0.583. The van der Waals surface area contributed by atoms with Crippen molar-refractivity contribution in [3.05, 3.63) is 24.3 Å². The van der Waals surface area contributed by atoms with Crippen molar-refractivity contribution in [2.24, 2.45) is 0 Å². The highest BCUT2D eigenvalue weighted by molar-refractivity contribution is 8.00. The molecule has 9 heteroatoms. The number of thioether (sulfide) groups is 1. The summed E-state index contributed by atoms with van der Waals surface area (Å²) in [6.45, 7) is -0.0979. The van der Waals surface area contributed by atoms with Crippen LogP contribution >= 0.6 is 11.8 Å². The molecule has 0 aliphatic heterocycles. The molecule has 0 aromatic heterocycles. The van der Waals surface area contributed by atoms with Gasteiger partial charge in [-0.25, -0.2) is 21.6 Å². The number of nitrogen functional groups attached to an aromatic ring is 1. The Kier molecular flexibility index (Phi) is 6.31. The Morgan fingerprint density at radius 1 is 1.15 bits per heavy atom. The summed E-state index contributed by atoms with van der Waals surface area (Å²) in [5.74, 6) is 0.0587. The highest BCUT2D eigenvalue weighted by atomic mass is 32.2. The number of sulfone groups is 1. The Bertz CT molecular complexity index is 641. The molecule has 114 valence electrons. The molecule has 0 fully saturated rings. The van der Waals surface area contributed by atoms with Gasteiger partial charge < -0.3 is 5.73 Å². The van der Waals surface area contributed by atoms with E-state index in [0.717, 1.165) is 11.2 Å². The van der Waals surface area contributed by atoms with Crippen molar-refractivity contribution in [2.75, 3.05) is 35.8 Å². The van der Waals surface area contributed by atoms with Gasteiger partial charge in [0, 0.05) is 29.1 Å². The van der Waals surface area contributed by atoms with Gasteiger partial charge in [0.2, 0.25) is 10.0 Å². The van der Waals surface area contributed by atoms with Gasteiger partial charge in [0.15, 0.2) is 0 Å². The third-order valence-electron chi connectivity index (χ3n) is 2.32. The molecule has 0 amide bonds. The summed E-state index contributed by atoms with van der Waals surface area (Å²) in [6.07, 6.45) is 1.06. The van der Waals surface area contributed by atoms with Crippen molar-refractivity contribution in [1.82, 2.24) is 4.72 Å². The molecule has 0 heterocycles. The van der Waals surface area contributed by atoms with E-state index in [-0.39, 0.29) is 18.1 Å². The molecular formula is C11H18N2O4S3. The second-order valence-corrected chi connectivity index (χ2v) is 9.55. The van der Waals surface area contributed by atoms with E-state index in [2.05, 4.69) is 4.72 Å². The van der Waals surface area contributed by atoms with E-state index in [1.807, 2.05) is 18.2 Å². The monoisotopic (exact) mass is 338 g/mol. The minimum Gasteiger partial charge on any atom is -0.398 e. The molecule has 0 spiro atoms. The number of benzene rings is 1. The average Bonchev–Trinajstić information content (AvgIpc) is 2.29. The smallest absolute Gasteiger partial charge is 0.212 e. The van der Waals surface area contributed by atoms with E-state index >= 15 is 0 Å². The van der Waals surface area contributed by atoms with Crippen LogP contribution in [0, 0.1) is 0 Å². The summed E-state index contributed by atoms with van der Waals surface area (Å²) < 4.78 is 47.3. The molecule has 0 saturated heterocycles. The number of para-hydroxylation sites is 1. The van der Waals surface area contributed by atoms with Gasteiger partial charge in [-0.1, -0.05) is 12.1 Å². The van der Waals surface area contributed by atoms with Crippen LogP contribution in [0.4, 0.5) is 5.69 Å². The van der Waals surface area contributed by atoms with Crippen molar-refractivity contribution in [3.63, 3.8) is 0 Å². The fourth-order valence-electron chi connectivity index (χ4n) is 1.33. The van der Waals surface area contributed by atoms with Gasteiger partial charge in [-0.3, -0.25) is 0 Å². The minimum absolute atomic E-state index is 0.0875. The molecule has 1 rings (SSSR count). The molecule has 3 N–H and O–H groups in total. The van der Waals surface area contributed by atoms with E-state index in [9.17, 15) is 16.8 Å². The summed E-state index contributed by atoms with van der Waals surface area (Å²) in [5, 5.41) is 0. The van der Waals surface area contributed by atoms with Gasteiger partial charge in [0.05, 0.1) is 11.5 Å². The molecule has 20 heavy (non-hydrogen) atoms. The van der Waals surface area contributed by atoms with E-state index in [4.69, 9.17) is 5.73 Å². The quantitative estimate of drug-likeness (QED) is 0.522. The van der Waals surface area contributed by atoms with Crippen molar-refractivity contribution >= 4 is 37.3 Å². The Balaban J connectivity index is 2.39. The molecule has 6 nitrogen and oxygen atoms in total. The molecule has 0 aliphatic carbocycles. The fourth-order valence-corrected chi connectivity index (χ4v) is 4.33. The fraction of sp³-hybridized carbons (Fsp3) is 0.455. The Morgan fingerprint density at radius 2 is 1.80 bits per heavy atom. The lowest BCUT2D eigenvalue weighted by Crippen LogP contribution is -2.31. The zero-order valence-electron chi connectivity index (χ0n) is 11.1. The maximum Gasteiger partial charge on any atom is 0.212 e. The van der Waals surface area contributed by atoms with Gasteiger partial charge in [0.25, 0.3) is 0 Å².